The number of carbonyl (C=O) groups excluding carboxylic acids is 1. The number of thioether (sulfide) groups is 2. The highest BCUT2D eigenvalue weighted by atomic mass is 32.2. The van der Waals surface area contributed by atoms with E-state index in [1.165, 1.54) is 34.7 Å². The van der Waals surface area contributed by atoms with Gasteiger partial charge in [-0.05, 0) is 17.9 Å². The van der Waals surface area contributed by atoms with Crippen LogP contribution in [0.15, 0.2) is 53.5 Å². The molecule has 0 aliphatic heterocycles. The molecule has 146 valence electrons. The maximum atomic E-state index is 12.4. The molecule has 0 aliphatic rings. The average molecular weight is 434 g/mol. The lowest BCUT2D eigenvalue weighted by Gasteiger charge is -2.03. The fourth-order valence-electron chi connectivity index (χ4n) is 2.63. The number of hydrogen-bond acceptors (Lipinski definition) is 6. The van der Waals surface area contributed by atoms with Gasteiger partial charge in [0.25, 0.3) is 11.6 Å². The van der Waals surface area contributed by atoms with Crippen molar-refractivity contribution in [2.45, 2.75) is 12.3 Å². The summed E-state index contributed by atoms with van der Waals surface area (Å²) in [4.78, 5) is 27.9. The lowest BCUT2D eigenvalue weighted by molar-refractivity contribution is -0.384. The molecular weight excluding hydrogens is 414 g/mol. The molecule has 0 bridgehead atoms. The highest BCUT2D eigenvalue weighted by molar-refractivity contribution is 7.99. The Labute approximate surface area is 174 Å². The SMILES string of the molecule is CSCCn1c(=NC(=O)CSCc2ccccc2)sc2cc([N+](=O)[O-])ccc21. The molecule has 28 heavy (non-hydrogen) atoms. The van der Waals surface area contributed by atoms with Crippen LogP contribution >= 0.6 is 34.9 Å². The summed E-state index contributed by atoms with van der Waals surface area (Å²) in [5.41, 5.74) is 2.08. The number of non-ortho nitro benzene ring substituents is 1. The number of aromatic nitrogens is 1. The van der Waals surface area contributed by atoms with Crippen LogP contribution in [0.1, 0.15) is 5.56 Å². The van der Waals surface area contributed by atoms with E-state index in [2.05, 4.69) is 4.99 Å². The van der Waals surface area contributed by atoms with Crippen molar-refractivity contribution in [1.29, 1.82) is 0 Å². The zero-order chi connectivity index (χ0) is 19.9. The minimum absolute atomic E-state index is 0.0436. The Kier molecular flexibility index (Phi) is 7.30. The quantitative estimate of drug-likeness (QED) is 0.390. The van der Waals surface area contributed by atoms with Crippen LogP contribution in [-0.4, -0.2) is 33.2 Å². The van der Waals surface area contributed by atoms with Crippen molar-refractivity contribution < 1.29 is 9.72 Å². The number of rotatable bonds is 8. The first-order chi connectivity index (χ1) is 13.6. The van der Waals surface area contributed by atoms with E-state index >= 15 is 0 Å². The lowest BCUT2D eigenvalue weighted by atomic mass is 10.2. The van der Waals surface area contributed by atoms with Gasteiger partial charge in [-0.25, -0.2) is 0 Å². The number of hydrogen-bond donors (Lipinski definition) is 0. The summed E-state index contributed by atoms with van der Waals surface area (Å²) in [5, 5.41) is 11.0. The molecule has 9 heteroatoms. The fraction of sp³-hybridized carbons (Fsp3) is 0.263. The van der Waals surface area contributed by atoms with Crippen molar-refractivity contribution in [1.82, 2.24) is 4.57 Å². The predicted molar refractivity (Wildman–Crippen MR) is 118 cm³/mol. The Bertz CT molecular complexity index is 1040. The second-order valence-corrected chi connectivity index (χ2v) is 8.90. The molecule has 0 radical (unpaired) electrons. The van der Waals surface area contributed by atoms with Crippen LogP contribution in [0.3, 0.4) is 0 Å². The van der Waals surface area contributed by atoms with E-state index < -0.39 is 4.92 Å². The summed E-state index contributed by atoms with van der Waals surface area (Å²) in [6, 6.07) is 14.8. The maximum absolute atomic E-state index is 12.4. The Morgan fingerprint density at radius 1 is 1.25 bits per heavy atom. The lowest BCUT2D eigenvalue weighted by Crippen LogP contribution is -2.18. The van der Waals surface area contributed by atoms with Crippen LogP contribution in [0.25, 0.3) is 10.2 Å². The van der Waals surface area contributed by atoms with E-state index in [4.69, 9.17) is 0 Å². The molecule has 0 saturated carbocycles. The zero-order valence-electron chi connectivity index (χ0n) is 15.2. The average Bonchev–Trinajstić information content (AvgIpc) is 3.03. The van der Waals surface area contributed by atoms with Gasteiger partial charge < -0.3 is 4.57 Å². The van der Waals surface area contributed by atoms with E-state index in [0.29, 0.717) is 17.1 Å². The smallest absolute Gasteiger partial charge is 0.270 e. The standard InChI is InChI=1S/C19H19N3O3S3/c1-26-10-9-21-16-8-7-15(22(24)25)11-17(16)28-19(21)20-18(23)13-27-12-14-5-3-2-4-6-14/h2-8,11H,9-10,12-13H2,1H3. The van der Waals surface area contributed by atoms with E-state index in [-0.39, 0.29) is 11.6 Å². The number of aryl methyl sites for hydroxylation is 1. The van der Waals surface area contributed by atoms with Gasteiger partial charge in [0.15, 0.2) is 4.80 Å². The Morgan fingerprint density at radius 2 is 2.04 bits per heavy atom. The van der Waals surface area contributed by atoms with Crippen molar-refractivity contribution in [2.75, 3.05) is 17.8 Å². The van der Waals surface area contributed by atoms with Gasteiger partial charge in [0.05, 0.1) is 20.9 Å². The van der Waals surface area contributed by atoms with Gasteiger partial charge in [-0.1, -0.05) is 41.7 Å². The Balaban J connectivity index is 1.82. The maximum Gasteiger partial charge on any atom is 0.270 e. The molecule has 0 N–H and O–H groups in total. The third-order valence-corrected chi connectivity index (χ3v) is 6.57. The minimum atomic E-state index is -0.409. The first kappa shape index (κ1) is 20.6. The van der Waals surface area contributed by atoms with E-state index in [1.54, 1.807) is 23.9 Å². The van der Waals surface area contributed by atoms with Gasteiger partial charge in [0, 0.05) is 30.2 Å². The summed E-state index contributed by atoms with van der Waals surface area (Å²) < 4.78 is 2.73. The zero-order valence-corrected chi connectivity index (χ0v) is 17.7. The van der Waals surface area contributed by atoms with Crippen LogP contribution < -0.4 is 4.80 Å². The van der Waals surface area contributed by atoms with Crippen LogP contribution in [0.2, 0.25) is 0 Å². The van der Waals surface area contributed by atoms with Gasteiger partial charge in [-0.3, -0.25) is 14.9 Å². The fourth-order valence-corrected chi connectivity index (χ4v) is 4.87. The number of nitrogens with zero attached hydrogens (tertiary/aromatic N) is 3. The van der Waals surface area contributed by atoms with Crippen LogP contribution in [-0.2, 0) is 17.1 Å². The number of fused-ring (bicyclic) bond motifs is 1. The Morgan fingerprint density at radius 3 is 2.75 bits per heavy atom. The molecule has 3 aromatic rings. The molecule has 1 amide bonds. The first-order valence-electron chi connectivity index (χ1n) is 8.54. The van der Waals surface area contributed by atoms with E-state index in [1.807, 2.05) is 41.2 Å². The van der Waals surface area contributed by atoms with Crippen LogP contribution in [0, 0.1) is 10.1 Å². The van der Waals surface area contributed by atoms with Gasteiger partial charge in [-0.15, -0.1) is 11.8 Å². The van der Waals surface area contributed by atoms with Crippen LogP contribution in [0.4, 0.5) is 5.69 Å². The van der Waals surface area contributed by atoms with Crippen molar-refractivity contribution in [3.05, 3.63) is 69.0 Å². The predicted octanol–water partition coefficient (Wildman–Crippen LogP) is 4.33. The van der Waals surface area contributed by atoms with Gasteiger partial charge in [0.1, 0.15) is 0 Å². The number of thiazole rings is 1. The number of carbonyl (C=O) groups is 1. The van der Waals surface area contributed by atoms with Gasteiger partial charge >= 0.3 is 0 Å². The number of nitro benzene ring substituents is 1. The number of benzene rings is 2. The largest absolute Gasteiger partial charge is 0.316 e. The molecule has 3 rings (SSSR count). The van der Waals surface area contributed by atoms with E-state index in [0.717, 1.165) is 21.7 Å². The number of amides is 1. The molecule has 0 saturated heterocycles. The normalized spacial score (nSPS) is 11.8. The third kappa shape index (κ3) is 5.24. The first-order valence-corrected chi connectivity index (χ1v) is 11.9. The molecule has 1 aromatic heterocycles. The van der Waals surface area contributed by atoms with Crippen LogP contribution in [0.5, 0.6) is 0 Å². The third-order valence-electron chi connectivity index (χ3n) is 3.95. The summed E-state index contributed by atoms with van der Waals surface area (Å²) in [7, 11) is 0. The molecule has 0 atom stereocenters. The van der Waals surface area contributed by atoms with Gasteiger partial charge in [0.2, 0.25) is 0 Å². The van der Waals surface area contributed by atoms with Crippen molar-refractivity contribution in [2.24, 2.45) is 4.99 Å². The summed E-state index contributed by atoms with van der Waals surface area (Å²) in [6.07, 6.45) is 2.02. The topological polar surface area (TPSA) is 77.5 Å². The molecule has 1 heterocycles. The molecule has 0 spiro atoms. The minimum Gasteiger partial charge on any atom is -0.316 e. The van der Waals surface area contributed by atoms with Crippen molar-refractivity contribution >= 4 is 56.7 Å². The van der Waals surface area contributed by atoms with Crippen molar-refractivity contribution in [3.8, 4) is 0 Å². The molecule has 0 fully saturated rings. The van der Waals surface area contributed by atoms with E-state index in [9.17, 15) is 14.9 Å². The second kappa shape index (κ2) is 9.90. The summed E-state index contributed by atoms with van der Waals surface area (Å²) in [5.74, 6) is 1.73. The highest BCUT2D eigenvalue weighted by Gasteiger charge is 2.12. The molecule has 2 aromatic carbocycles. The van der Waals surface area contributed by atoms with Gasteiger partial charge in [-0.2, -0.15) is 16.8 Å². The number of nitro groups is 1. The highest BCUT2D eigenvalue weighted by Crippen LogP contribution is 2.23. The summed E-state index contributed by atoms with van der Waals surface area (Å²) in [6.45, 7) is 0.697. The van der Waals surface area contributed by atoms with Crippen molar-refractivity contribution in [3.63, 3.8) is 0 Å². The monoisotopic (exact) mass is 433 g/mol. The summed E-state index contributed by atoms with van der Waals surface area (Å²) >= 11 is 4.55. The molecule has 6 nitrogen and oxygen atoms in total. The Hall–Kier alpha value is -2.10. The molecule has 0 aliphatic carbocycles. The molecule has 0 unspecified atom stereocenters. The second-order valence-electron chi connectivity index (χ2n) is 5.92. The molecular formula is C19H19N3O3S3.